The zero-order valence-corrected chi connectivity index (χ0v) is 19.5. The predicted molar refractivity (Wildman–Crippen MR) is 126 cm³/mol. The highest BCUT2D eigenvalue weighted by molar-refractivity contribution is 6.06. The number of aryl methyl sites for hydroxylation is 1. The third-order valence-corrected chi connectivity index (χ3v) is 5.94. The predicted octanol–water partition coefficient (Wildman–Crippen LogP) is 3.40. The standard InChI is InChI=1S/C26H29N3O4/c1-17-13-18(9-10-23(17)32-4)14-25(30)29-11-12-33-24(16-29)22-15-20(26(31)28(2)3)19-7-5-6-8-21(19)27-22/h5-10,13,15,24H,11-12,14,16H2,1-4H3. The number of methoxy groups -OCH3 is 1. The minimum absolute atomic E-state index is 0.0400. The molecular formula is C26H29N3O4. The molecule has 0 N–H and O–H groups in total. The van der Waals surface area contributed by atoms with E-state index in [2.05, 4.69) is 0 Å². The van der Waals surface area contributed by atoms with Gasteiger partial charge in [-0.05, 0) is 36.2 Å². The van der Waals surface area contributed by atoms with E-state index in [0.29, 0.717) is 37.4 Å². The second-order valence-corrected chi connectivity index (χ2v) is 8.49. The van der Waals surface area contributed by atoms with Crippen LogP contribution in [-0.2, 0) is 16.0 Å². The molecule has 1 atom stereocenters. The molecule has 33 heavy (non-hydrogen) atoms. The summed E-state index contributed by atoms with van der Waals surface area (Å²) in [7, 11) is 5.10. The molecule has 0 radical (unpaired) electrons. The van der Waals surface area contributed by atoms with Crippen molar-refractivity contribution in [2.75, 3.05) is 40.9 Å². The quantitative estimate of drug-likeness (QED) is 0.600. The fraction of sp³-hybridized carbons (Fsp3) is 0.346. The zero-order valence-electron chi connectivity index (χ0n) is 19.5. The van der Waals surface area contributed by atoms with Gasteiger partial charge in [-0.15, -0.1) is 0 Å². The number of aromatic nitrogens is 1. The number of carbonyl (C=O) groups is 2. The maximum atomic E-state index is 13.0. The van der Waals surface area contributed by atoms with E-state index >= 15 is 0 Å². The third-order valence-electron chi connectivity index (χ3n) is 5.94. The van der Waals surface area contributed by atoms with E-state index < -0.39 is 6.10 Å². The Balaban J connectivity index is 1.56. The van der Waals surface area contributed by atoms with E-state index in [9.17, 15) is 9.59 Å². The van der Waals surface area contributed by atoms with Crippen LogP contribution in [0.5, 0.6) is 5.75 Å². The van der Waals surface area contributed by atoms with Crippen LogP contribution in [-0.4, -0.2) is 67.5 Å². The van der Waals surface area contributed by atoms with Crippen molar-refractivity contribution in [3.05, 3.63) is 70.9 Å². The van der Waals surface area contributed by atoms with Gasteiger partial charge in [0.25, 0.3) is 5.91 Å². The molecule has 1 unspecified atom stereocenters. The Bertz CT molecular complexity index is 1190. The van der Waals surface area contributed by atoms with E-state index in [-0.39, 0.29) is 11.8 Å². The first-order valence-electron chi connectivity index (χ1n) is 11.0. The van der Waals surface area contributed by atoms with Crippen LogP contribution < -0.4 is 4.74 Å². The number of nitrogens with zero attached hydrogens (tertiary/aromatic N) is 3. The van der Waals surface area contributed by atoms with Gasteiger partial charge in [0.05, 0.1) is 43.5 Å². The van der Waals surface area contributed by atoms with Crippen molar-refractivity contribution in [1.29, 1.82) is 0 Å². The minimum atomic E-state index is -0.390. The lowest BCUT2D eigenvalue weighted by molar-refractivity contribution is -0.138. The molecule has 1 fully saturated rings. The van der Waals surface area contributed by atoms with Crippen molar-refractivity contribution in [2.45, 2.75) is 19.4 Å². The topological polar surface area (TPSA) is 72.0 Å². The molecule has 2 aromatic carbocycles. The lowest BCUT2D eigenvalue weighted by Gasteiger charge is -2.33. The van der Waals surface area contributed by atoms with E-state index in [1.165, 1.54) is 0 Å². The number of amides is 2. The number of ether oxygens (including phenoxy) is 2. The second kappa shape index (κ2) is 9.58. The van der Waals surface area contributed by atoms with Crippen molar-refractivity contribution in [3.8, 4) is 5.75 Å². The van der Waals surface area contributed by atoms with Crippen molar-refractivity contribution < 1.29 is 19.1 Å². The zero-order chi connectivity index (χ0) is 23.5. The molecule has 0 aliphatic carbocycles. The molecule has 2 amide bonds. The summed E-state index contributed by atoms with van der Waals surface area (Å²) in [6, 6.07) is 15.2. The molecule has 1 aliphatic heterocycles. The number of carbonyl (C=O) groups excluding carboxylic acids is 2. The Morgan fingerprint density at radius 3 is 2.70 bits per heavy atom. The Kier molecular flexibility index (Phi) is 6.60. The van der Waals surface area contributed by atoms with Gasteiger partial charge in [0, 0.05) is 26.0 Å². The molecule has 0 saturated carbocycles. The smallest absolute Gasteiger partial charge is 0.254 e. The van der Waals surface area contributed by atoms with Crippen LogP contribution in [0.25, 0.3) is 10.9 Å². The van der Waals surface area contributed by atoms with Crippen molar-refractivity contribution in [2.24, 2.45) is 0 Å². The Morgan fingerprint density at radius 1 is 1.18 bits per heavy atom. The molecule has 1 saturated heterocycles. The van der Waals surface area contributed by atoms with E-state index in [0.717, 1.165) is 27.8 Å². The summed E-state index contributed by atoms with van der Waals surface area (Å²) in [6.07, 6.45) is -0.0776. The van der Waals surface area contributed by atoms with E-state index in [4.69, 9.17) is 14.5 Å². The Morgan fingerprint density at radius 2 is 1.97 bits per heavy atom. The summed E-state index contributed by atoms with van der Waals surface area (Å²) < 4.78 is 11.3. The van der Waals surface area contributed by atoms with Gasteiger partial charge in [-0.2, -0.15) is 0 Å². The molecule has 7 heteroatoms. The van der Waals surface area contributed by atoms with Crippen LogP contribution in [0.3, 0.4) is 0 Å². The second-order valence-electron chi connectivity index (χ2n) is 8.49. The molecule has 7 nitrogen and oxygen atoms in total. The van der Waals surface area contributed by atoms with Crippen LogP contribution in [0.1, 0.15) is 33.3 Å². The normalized spacial score (nSPS) is 16.0. The van der Waals surface area contributed by atoms with Gasteiger partial charge in [-0.1, -0.05) is 30.3 Å². The largest absolute Gasteiger partial charge is 0.496 e. The van der Waals surface area contributed by atoms with Crippen LogP contribution in [0.4, 0.5) is 0 Å². The number of fused-ring (bicyclic) bond motifs is 1. The Labute approximate surface area is 193 Å². The van der Waals surface area contributed by atoms with Gasteiger partial charge in [0.1, 0.15) is 11.9 Å². The SMILES string of the molecule is COc1ccc(CC(=O)N2CCOC(c3cc(C(=O)N(C)C)c4ccccc4n3)C2)cc1C. The number of pyridine rings is 1. The molecule has 0 bridgehead atoms. The number of hydrogen-bond acceptors (Lipinski definition) is 5. The summed E-state index contributed by atoms with van der Waals surface area (Å²) >= 11 is 0. The number of morpholine rings is 1. The highest BCUT2D eigenvalue weighted by Gasteiger charge is 2.28. The molecule has 2 heterocycles. The molecule has 4 rings (SSSR count). The van der Waals surface area contributed by atoms with Gasteiger partial charge in [0.2, 0.25) is 5.91 Å². The van der Waals surface area contributed by atoms with Gasteiger partial charge >= 0.3 is 0 Å². The first kappa shape index (κ1) is 22.7. The summed E-state index contributed by atoms with van der Waals surface area (Å²) in [6.45, 7) is 3.32. The van der Waals surface area contributed by atoms with Crippen LogP contribution >= 0.6 is 0 Å². The van der Waals surface area contributed by atoms with Crippen LogP contribution in [0, 0.1) is 6.92 Å². The Hall–Kier alpha value is -3.45. The molecule has 0 spiro atoms. The molecule has 3 aromatic rings. The maximum Gasteiger partial charge on any atom is 0.254 e. The summed E-state index contributed by atoms with van der Waals surface area (Å²) in [4.78, 5) is 34.0. The maximum absolute atomic E-state index is 13.0. The number of para-hydroxylation sites is 1. The number of hydrogen-bond donors (Lipinski definition) is 0. The summed E-state index contributed by atoms with van der Waals surface area (Å²) in [5, 5.41) is 0.804. The monoisotopic (exact) mass is 447 g/mol. The van der Waals surface area contributed by atoms with E-state index in [1.807, 2.05) is 54.3 Å². The fourth-order valence-electron chi connectivity index (χ4n) is 4.17. The lowest BCUT2D eigenvalue weighted by atomic mass is 10.0. The first-order valence-corrected chi connectivity index (χ1v) is 11.0. The lowest BCUT2D eigenvalue weighted by Crippen LogP contribution is -2.43. The summed E-state index contributed by atoms with van der Waals surface area (Å²) in [5.74, 6) is 0.759. The highest BCUT2D eigenvalue weighted by atomic mass is 16.5. The molecule has 172 valence electrons. The van der Waals surface area contributed by atoms with E-state index in [1.54, 1.807) is 32.2 Å². The number of rotatable bonds is 5. The highest BCUT2D eigenvalue weighted by Crippen LogP contribution is 2.27. The first-order chi connectivity index (χ1) is 15.9. The van der Waals surface area contributed by atoms with Gasteiger partial charge in [-0.25, -0.2) is 4.98 Å². The molecule has 1 aliphatic rings. The van der Waals surface area contributed by atoms with Crippen molar-refractivity contribution >= 4 is 22.7 Å². The molecule has 1 aromatic heterocycles. The average Bonchev–Trinajstić information content (AvgIpc) is 2.83. The fourth-order valence-corrected chi connectivity index (χ4v) is 4.17. The van der Waals surface area contributed by atoms with Crippen LogP contribution in [0.15, 0.2) is 48.5 Å². The average molecular weight is 448 g/mol. The molecular weight excluding hydrogens is 418 g/mol. The minimum Gasteiger partial charge on any atom is -0.496 e. The third kappa shape index (κ3) is 4.83. The summed E-state index contributed by atoms with van der Waals surface area (Å²) in [5.41, 5.74) is 3.93. The number of benzene rings is 2. The van der Waals surface area contributed by atoms with Gasteiger partial charge < -0.3 is 19.3 Å². The van der Waals surface area contributed by atoms with Crippen molar-refractivity contribution in [1.82, 2.24) is 14.8 Å². The van der Waals surface area contributed by atoms with Gasteiger partial charge in [-0.3, -0.25) is 9.59 Å². The van der Waals surface area contributed by atoms with Crippen LogP contribution in [0.2, 0.25) is 0 Å². The van der Waals surface area contributed by atoms with Crippen molar-refractivity contribution in [3.63, 3.8) is 0 Å². The van der Waals surface area contributed by atoms with Gasteiger partial charge in [0.15, 0.2) is 0 Å².